The van der Waals surface area contributed by atoms with Crippen LogP contribution >= 0.6 is 0 Å². The van der Waals surface area contributed by atoms with Crippen LogP contribution in [0.25, 0.3) is 0 Å². The number of nitrogens with one attached hydrogen (secondary N) is 1. The van der Waals surface area contributed by atoms with Crippen molar-refractivity contribution >= 4 is 5.91 Å². The van der Waals surface area contributed by atoms with Gasteiger partial charge in [-0.3, -0.25) is 4.79 Å². The molecule has 0 radical (unpaired) electrons. The molecular weight excluding hydrogens is 424 g/mol. The van der Waals surface area contributed by atoms with E-state index in [-0.39, 0.29) is 30.1 Å². The van der Waals surface area contributed by atoms with E-state index in [1.54, 1.807) is 18.7 Å². The van der Waals surface area contributed by atoms with Gasteiger partial charge in [-0.2, -0.15) is 0 Å². The van der Waals surface area contributed by atoms with Crippen LogP contribution in [0.2, 0.25) is 0 Å². The van der Waals surface area contributed by atoms with Crippen molar-refractivity contribution < 1.29 is 27.5 Å². The van der Waals surface area contributed by atoms with Gasteiger partial charge in [0.05, 0.1) is 5.92 Å². The minimum Gasteiger partial charge on any atom is -0.384 e. The second kappa shape index (κ2) is 8.48. The summed E-state index contributed by atoms with van der Waals surface area (Å²) >= 11 is 0. The Morgan fingerprint density at radius 2 is 1.56 bits per heavy atom. The first kappa shape index (κ1) is 22.7. The standard InChI is InChI=1S/C24H26F4N2O2/c1-13-11-30(12-14(2)24(13,32)20-6-4-16(26)8-22(20)28)23(31)19-10-29-9-18(19)17-5-3-15(25)7-21(17)27/h3-8,13-14,18-19,29,32H,9-12H2,1-2H3/t13-,14+,18-,19+,24-/m0/s1. The van der Waals surface area contributed by atoms with E-state index >= 15 is 0 Å². The zero-order chi connectivity index (χ0) is 23.2. The van der Waals surface area contributed by atoms with Crippen LogP contribution in [-0.2, 0) is 10.4 Å². The number of hydrogen-bond donors (Lipinski definition) is 2. The van der Waals surface area contributed by atoms with Crippen molar-refractivity contribution in [3.8, 4) is 0 Å². The quantitative estimate of drug-likeness (QED) is 0.704. The summed E-state index contributed by atoms with van der Waals surface area (Å²) in [6, 6.07) is 6.48. The van der Waals surface area contributed by atoms with Gasteiger partial charge in [-0.05, 0) is 17.7 Å². The molecular formula is C24H26F4N2O2. The van der Waals surface area contributed by atoms with Crippen LogP contribution in [0.5, 0.6) is 0 Å². The molecule has 5 atom stereocenters. The summed E-state index contributed by atoms with van der Waals surface area (Å²) in [5.74, 6) is -5.12. The van der Waals surface area contributed by atoms with E-state index in [2.05, 4.69) is 5.32 Å². The number of carbonyl (C=O) groups excluding carboxylic acids is 1. The van der Waals surface area contributed by atoms with E-state index in [0.29, 0.717) is 13.1 Å². The summed E-state index contributed by atoms with van der Waals surface area (Å²) in [7, 11) is 0. The molecule has 2 aromatic rings. The van der Waals surface area contributed by atoms with Gasteiger partial charge in [0.2, 0.25) is 5.91 Å². The fraction of sp³-hybridized carbons (Fsp3) is 0.458. The molecule has 4 nitrogen and oxygen atoms in total. The number of likely N-dealkylation sites (tertiary alicyclic amines) is 1. The molecule has 2 saturated heterocycles. The summed E-state index contributed by atoms with van der Waals surface area (Å²) in [6.07, 6.45) is 0. The van der Waals surface area contributed by atoms with E-state index in [1.807, 2.05) is 0 Å². The molecule has 0 saturated carbocycles. The number of benzene rings is 2. The first-order valence-electron chi connectivity index (χ1n) is 10.7. The van der Waals surface area contributed by atoms with Crippen molar-refractivity contribution in [2.24, 2.45) is 17.8 Å². The predicted molar refractivity (Wildman–Crippen MR) is 111 cm³/mol. The number of rotatable bonds is 3. The number of carbonyl (C=O) groups is 1. The Hall–Kier alpha value is -2.45. The van der Waals surface area contributed by atoms with Crippen LogP contribution in [-0.4, -0.2) is 42.1 Å². The summed E-state index contributed by atoms with van der Waals surface area (Å²) in [5, 5.41) is 14.5. The lowest BCUT2D eigenvalue weighted by Crippen LogP contribution is -2.57. The lowest BCUT2D eigenvalue weighted by atomic mass is 9.70. The van der Waals surface area contributed by atoms with E-state index in [0.717, 1.165) is 18.2 Å². The van der Waals surface area contributed by atoms with Crippen LogP contribution < -0.4 is 5.32 Å². The molecule has 32 heavy (non-hydrogen) atoms. The highest BCUT2D eigenvalue weighted by Crippen LogP contribution is 2.43. The summed E-state index contributed by atoms with van der Waals surface area (Å²) < 4.78 is 55.6. The third-order valence-electron chi connectivity index (χ3n) is 7.06. The Morgan fingerprint density at radius 3 is 2.16 bits per heavy atom. The molecule has 2 aromatic carbocycles. The SMILES string of the molecule is C[C@@H]1CN(C(=O)[C@@H]2CNC[C@H]2c2ccc(F)cc2F)C[C@H](C)[C@@]1(O)c1ccc(F)cc1F. The van der Waals surface area contributed by atoms with Crippen LogP contribution in [0.4, 0.5) is 17.6 Å². The van der Waals surface area contributed by atoms with Gasteiger partial charge in [0.25, 0.3) is 0 Å². The number of amides is 1. The maximum atomic E-state index is 14.5. The molecule has 2 heterocycles. The normalized spacial score (nSPS) is 30.5. The largest absolute Gasteiger partial charge is 0.384 e. The summed E-state index contributed by atoms with van der Waals surface area (Å²) in [4.78, 5) is 15.0. The molecule has 0 unspecified atom stereocenters. The second-order valence-corrected chi connectivity index (χ2v) is 9.03. The van der Waals surface area contributed by atoms with Crippen molar-refractivity contribution in [3.63, 3.8) is 0 Å². The maximum Gasteiger partial charge on any atom is 0.227 e. The van der Waals surface area contributed by atoms with Crippen molar-refractivity contribution in [1.29, 1.82) is 0 Å². The third-order valence-corrected chi connectivity index (χ3v) is 7.06. The van der Waals surface area contributed by atoms with Gasteiger partial charge in [0.15, 0.2) is 0 Å². The summed E-state index contributed by atoms with van der Waals surface area (Å²) in [6.45, 7) is 4.54. The Labute approximate surface area is 184 Å². The van der Waals surface area contributed by atoms with Gasteiger partial charge < -0.3 is 15.3 Å². The molecule has 1 amide bonds. The molecule has 2 N–H and O–H groups in total. The Kier molecular flexibility index (Phi) is 6.02. The van der Waals surface area contributed by atoms with Gasteiger partial charge in [-0.25, -0.2) is 17.6 Å². The number of nitrogens with zero attached hydrogens (tertiary/aromatic N) is 1. The molecule has 0 spiro atoms. The molecule has 8 heteroatoms. The Morgan fingerprint density at radius 1 is 0.969 bits per heavy atom. The van der Waals surface area contributed by atoms with E-state index < -0.39 is 52.5 Å². The average Bonchev–Trinajstić information content (AvgIpc) is 3.20. The van der Waals surface area contributed by atoms with Crippen LogP contribution in [0.3, 0.4) is 0 Å². The minimum atomic E-state index is -1.56. The third kappa shape index (κ3) is 3.79. The van der Waals surface area contributed by atoms with Crippen LogP contribution in [0, 0.1) is 41.0 Å². The van der Waals surface area contributed by atoms with Crippen molar-refractivity contribution in [3.05, 3.63) is 70.8 Å². The molecule has 2 aliphatic heterocycles. The molecule has 2 fully saturated rings. The van der Waals surface area contributed by atoms with Gasteiger partial charge in [0.1, 0.15) is 28.9 Å². The maximum absolute atomic E-state index is 14.5. The zero-order valence-electron chi connectivity index (χ0n) is 17.9. The topological polar surface area (TPSA) is 52.6 Å². The lowest BCUT2D eigenvalue weighted by molar-refractivity contribution is -0.153. The van der Waals surface area contributed by atoms with Gasteiger partial charge in [-0.15, -0.1) is 0 Å². The number of piperidine rings is 1. The minimum absolute atomic E-state index is 0.0137. The van der Waals surface area contributed by atoms with E-state index in [1.165, 1.54) is 18.2 Å². The van der Waals surface area contributed by atoms with Gasteiger partial charge in [0, 0.05) is 61.6 Å². The van der Waals surface area contributed by atoms with E-state index in [4.69, 9.17) is 0 Å². The second-order valence-electron chi connectivity index (χ2n) is 9.03. The molecule has 4 rings (SSSR count). The van der Waals surface area contributed by atoms with Crippen LogP contribution in [0.15, 0.2) is 36.4 Å². The molecule has 2 aliphatic rings. The smallest absolute Gasteiger partial charge is 0.227 e. The number of hydrogen-bond acceptors (Lipinski definition) is 3. The first-order chi connectivity index (χ1) is 15.1. The zero-order valence-corrected chi connectivity index (χ0v) is 17.9. The highest BCUT2D eigenvalue weighted by molar-refractivity contribution is 5.81. The summed E-state index contributed by atoms with van der Waals surface area (Å²) in [5.41, 5.74) is -1.26. The highest BCUT2D eigenvalue weighted by Gasteiger charge is 2.49. The fourth-order valence-corrected chi connectivity index (χ4v) is 5.33. The number of halogens is 4. The Bertz CT molecular complexity index is 1020. The van der Waals surface area contributed by atoms with E-state index in [9.17, 15) is 27.5 Å². The molecule has 0 aromatic heterocycles. The predicted octanol–water partition coefficient (Wildman–Crippen LogP) is 3.55. The molecule has 172 valence electrons. The Balaban J connectivity index is 1.56. The number of aliphatic hydroxyl groups is 1. The van der Waals surface area contributed by atoms with Crippen molar-refractivity contribution in [1.82, 2.24) is 10.2 Å². The van der Waals surface area contributed by atoms with Crippen LogP contribution in [0.1, 0.15) is 30.9 Å². The lowest BCUT2D eigenvalue weighted by Gasteiger charge is -2.48. The highest BCUT2D eigenvalue weighted by atomic mass is 19.1. The average molecular weight is 450 g/mol. The first-order valence-corrected chi connectivity index (χ1v) is 10.7. The molecule has 0 bridgehead atoms. The monoisotopic (exact) mass is 450 g/mol. The van der Waals surface area contributed by atoms with Crippen molar-refractivity contribution in [2.45, 2.75) is 25.4 Å². The molecule has 0 aliphatic carbocycles. The van der Waals surface area contributed by atoms with Gasteiger partial charge >= 0.3 is 0 Å². The van der Waals surface area contributed by atoms with Gasteiger partial charge in [-0.1, -0.05) is 26.0 Å². The fourth-order valence-electron chi connectivity index (χ4n) is 5.33. The van der Waals surface area contributed by atoms with Crippen molar-refractivity contribution in [2.75, 3.05) is 26.2 Å².